The van der Waals surface area contributed by atoms with Crippen LogP contribution in [-0.2, 0) is 11.3 Å². The van der Waals surface area contributed by atoms with Crippen LogP contribution in [0.15, 0.2) is 11.4 Å². The van der Waals surface area contributed by atoms with Crippen molar-refractivity contribution < 1.29 is 14.7 Å². The van der Waals surface area contributed by atoms with Crippen molar-refractivity contribution in [2.75, 3.05) is 13.1 Å². The lowest BCUT2D eigenvalue weighted by molar-refractivity contribution is -0.128. The molecule has 1 unspecified atom stereocenters. The van der Waals surface area contributed by atoms with Crippen LogP contribution in [0, 0.1) is 0 Å². The Kier molecular flexibility index (Phi) is 3.44. The molecule has 2 rings (SSSR count). The second-order valence-electron chi connectivity index (χ2n) is 4.02. The molecule has 92 valence electrons. The van der Waals surface area contributed by atoms with Gasteiger partial charge >= 0.3 is 5.97 Å². The van der Waals surface area contributed by atoms with Crippen LogP contribution in [0.2, 0.25) is 0 Å². The van der Waals surface area contributed by atoms with Crippen molar-refractivity contribution in [1.82, 2.24) is 10.2 Å². The number of carbonyl (C=O) groups is 2. The van der Waals surface area contributed by atoms with E-state index < -0.39 is 5.97 Å². The number of aromatic carboxylic acids is 1. The number of carboxylic acids is 1. The van der Waals surface area contributed by atoms with Gasteiger partial charge in [0.25, 0.3) is 0 Å². The van der Waals surface area contributed by atoms with Crippen LogP contribution in [0.4, 0.5) is 0 Å². The van der Waals surface area contributed by atoms with Crippen molar-refractivity contribution in [3.05, 3.63) is 21.9 Å². The molecule has 17 heavy (non-hydrogen) atoms. The molecular weight excluding hydrogens is 240 g/mol. The second kappa shape index (κ2) is 4.85. The van der Waals surface area contributed by atoms with E-state index >= 15 is 0 Å². The molecule has 5 nitrogen and oxygen atoms in total. The summed E-state index contributed by atoms with van der Waals surface area (Å²) in [5.74, 6) is -0.896. The van der Waals surface area contributed by atoms with E-state index in [-0.39, 0.29) is 11.9 Å². The summed E-state index contributed by atoms with van der Waals surface area (Å²) in [5.41, 5.74) is 0.782. The van der Waals surface area contributed by atoms with Gasteiger partial charge in [-0.15, -0.1) is 11.3 Å². The van der Waals surface area contributed by atoms with Crippen molar-refractivity contribution in [1.29, 1.82) is 0 Å². The number of hydrogen-bond acceptors (Lipinski definition) is 4. The highest BCUT2D eigenvalue weighted by atomic mass is 32.1. The minimum atomic E-state index is -0.899. The van der Waals surface area contributed by atoms with E-state index in [9.17, 15) is 9.59 Å². The number of nitrogens with one attached hydrogen (secondary N) is 1. The molecule has 1 aliphatic heterocycles. The average molecular weight is 254 g/mol. The molecule has 1 aromatic heterocycles. The van der Waals surface area contributed by atoms with Gasteiger partial charge in [-0.3, -0.25) is 9.69 Å². The van der Waals surface area contributed by atoms with Gasteiger partial charge in [-0.05, 0) is 23.9 Å². The van der Waals surface area contributed by atoms with Gasteiger partial charge in [0.1, 0.15) is 4.88 Å². The van der Waals surface area contributed by atoms with E-state index in [0.29, 0.717) is 18.0 Å². The first-order valence-corrected chi connectivity index (χ1v) is 6.29. The van der Waals surface area contributed by atoms with Crippen LogP contribution in [0.1, 0.15) is 22.2 Å². The molecule has 2 N–H and O–H groups in total. The summed E-state index contributed by atoms with van der Waals surface area (Å²) in [7, 11) is 0. The molecule has 6 heteroatoms. The maximum Gasteiger partial charge on any atom is 0.346 e. The van der Waals surface area contributed by atoms with E-state index in [4.69, 9.17) is 5.11 Å². The Balaban J connectivity index is 2.12. The molecule has 0 saturated carbocycles. The third-order valence-corrected chi connectivity index (χ3v) is 3.88. The molecule has 0 aliphatic carbocycles. The SMILES string of the molecule is CC1C(=O)NCCN1Cc1ccsc1C(=O)O. The van der Waals surface area contributed by atoms with Gasteiger partial charge in [-0.2, -0.15) is 0 Å². The highest BCUT2D eigenvalue weighted by Crippen LogP contribution is 2.20. The van der Waals surface area contributed by atoms with Gasteiger partial charge in [0.15, 0.2) is 0 Å². The maximum atomic E-state index is 11.5. The first kappa shape index (κ1) is 12.1. The van der Waals surface area contributed by atoms with Gasteiger partial charge in [-0.25, -0.2) is 4.79 Å². The lowest BCUT2D eigenvalue weighted by Gasteiger charge is -2.32. The molecule has 0 spiro atoms. The molecule has 1 saturated heterocycles. The summed E-state index contributed by atoms with van der Waals surface area (Å²) in [4.78, 5) is 24.8. The largest absolute Gasteiger partial charge is 0.477 e. The van der Waals surface area contributed by atoms with E-state index in [2.05, 4.69) is 5.32 Å². The van der Waals surface area contributed by atoms with Gasteiger partial charge < -0.3 is 10.4 Å². The summed E-state index contributed by atoms with van der Waals surface area (Å²) in [6, 6.07) is 1.61. The van der Waals surface area contributed by atoms with Crippen LogP contribution >= 0.6 is 11.3 Å². The molecule has 2 heterocycles. The Morgan fingerprint density at radius 3 is 3.18 bits per heavy atom. The van der Waals surface area contributed by atoms with Gasteiger partial charge in [0, 0.05) is 19.6 Å². The maximum absolute atomic E-state index is 11.5. The van der Waals surface area contributed by atoms with Gasteiger partial charge in [-0.1, -0.05) is 0 Å². The number of rotatable bonds is 3. The van der Waals surface area contributed by atoms with E-state index in [1.54, 1.807) is 5.38 Å². The first-order chi connectivity index (χ1) is 8.09. The van der Waals surface area contributed by atoms with Crippen LogP contribution in [0.25, 0.3) is 0 Å². The topological polar surface area (TPSA) is 69.6 Å². The number of thiophene rings is 1. The van der Waals surface area contributed by atoms with Crippen molar-refractivity contribution in [3.8, 4) is 0 Å². The Morgan fingerprint density at radius 1 is 1.71 bits per heavy atom. The summed E-state index contributed by atoms with van der Waals surface area (Å²) >= 11 is 1.22. The van der Waals surface area contributed by atoms with Crippen molar-refractivity contribution in [3.63, 3.8) is 0 Å². The molecule has 1 atom stereocenters. The second-order valence-corrected chi connectivity index (χ2v) is 4.93. The Hall–Kier alpha value is -1.40. The molecule has 1 aliphatic rings. The third kappa shape index (κ3) is 2.48. The minimum Gasteiger partial charge on any atom is -0.477 e. The number of hydrogen-bond donors (Lipinski definition) is 2. The minimum absolute atomic E-state index is 0.00311. The summed E-state index contributed by atoms with van der Waals surface area (Å²) < 4.78 is 0. The molecule has 0 bridgehead atoms. The smallest absolute Gasteiger partial charge is 0.346 e. The molecular formula is C11H14N2O3S. The molecule has 1 fully saturated rings. The predicted octanol–water partition coefficient (Wildman–Crippen LogP) is 0.767. The van der Waals surface area contributed by atoms with Crippen LogP contribution < -0.4 is 5.32 Å². The lowest BCUT2D eigenvalue weighted by Crippen LogP contribution is -2.53. The lowest BCUT2D eigenvalue weighted by atomic mass is 10.1. The molecule has 1 amide bonds. The third-order valence-electron chi connectivity index (χ3n) is 2.94. The fourth-order valence-corrected chi connectivity index (χ4v) is 2.67. The van der Waals surface area contributed by atoms with Crippen molar-refractivity contribution in [2.24, 2.45) is 0 Å². The highest BCUT2D eigenvalue weighted by molar-refractivity contribution is 7.12. The number of nitrogens with zero attached hydrogens (tertiary/aromatic N) is 1. The predicted molar refractivity (Wildman–Crippen MR) is 64.2 cm³/mol. The average Bonchev–Trinajstić information content (AvgIpc) is 2.73. The zero-order valence-electron chi connectivity index (χ0n) is 9.47. The normalized spacial score (nSPS) is 21.2. The highest BCUT2D eigenvalue weighted by Gasteiger charge is 2.26. The summed E-state index contributed by atoms with van der Waals surface area (Å²) in [6.45, 7) is 3.72. The molecule has 0 aromatic carbocycles. The Bertz CT molecular complexity index is 444. The standard InChI is InChI=1S/C11H14N2O3S/c1-7-10(14)12-3-4-13(7)6-8-2-5-17-9(8)11(15)16/h2,5,7H,3-4,6H2,1H3,(H,12,14)(H,15,16). The van der Waals surface area contributed by atoms with E-state index in [0.717, 1.165) is 12.1 Å². The first-order valence-electron chi connectivity index (χ1n) is 5.41. The molecule has 0 radical (unpaired) electrons. The summed E-state index contributed by atoms with van der Waals surface area (Å²) in [5, 5.41) is 13.6. The monoisotopic (exact) mass is 254 g/mol. The van der Waals surface area contributed by atoms with E-state index in [1.165, 1.54) is 11.3 Å². The van der Waals surface area contributed by atoms with Crippen molar-refractivity contribution >= 4 is 23.2 Å². The number of carboxylic acid groups (broad SMARTS) is 1. The van der Waals surface area contributed by atoms with Crippen LogP contribution in [0.5, 0.6) is 0 Å². The Morgan fingerprint density at radius 2 is 2.47 bits per heavy atom. The zero-order chi connectivity index (χ0) is 12.4. The molecule has 1 aromatic rings. The fourth-order valence-electron chi connectivity index (χ4n) is 1.91. The Labute approximate surface area is 103 Å². The number of piperazine rings is 1. The van der Waals surface area contributed by atoms with Crippen molar-refractivity contribution in [2.45, 2.75) is 19.5 Å². The van der Waals surface area contributed by atoms with Crippen LogP contribution in [-0.4, -0.2) is 41.0 Å². The van der Waals surface area contributed by atoms with Gasteiger partial charge in [0.05, 0.1) is 6.04 Å². The van der Waals surface area contributed by atoms with Crippen LogP contribution in [0.3, 0.4) is 0 Å². The number of amides is 1. The van der Waals surface area contributed by atoms with Gasteiger partial charge in [0.2, 0.25) is 5.91 Å². The zero-order valence-corrected chi connectivity index (χ0v) is 10.3. The summed E-state index contributed by atoms with van der Waals surface area (Å²) in [6.07, 6.45) is 0. The number of carbonyl (C=O) groups excluding carboxylic acids is 1. The van der Waals surface area contributed by atoms with E-state index in [1.807, 2.05) is 17.9 Å². The fraction of sp³-hybridized carbons (Fsp3) is 0.455. The quantitative estimate of drug-likeness (QED) is 0.836.